The lowest BCUT2D eigenvalue weighted by molar-refractivity contribution is -0.131. The van der Waals surface area contributed by atoms with E-state index < -0.39 is 5.91 Å². The van der Waals surface area contributed by atoms with Gasteiger partial charge in [-0.15, -0.1) is 0 Å². The second-order valence-electron chi connectivity index (χ2n) is 4.96. The third kappa shape index (κ3) is 7.42. The van der Waals surface area contributed by atoms with Crippen molar-refractivity contribution in [2.45, 2.75) is 13.1 Å². The Hall–Kier alpha value is -2.86. The van der Waals surface area contributed by atoms with Crippen LogP contribution in [0.25, 0.3) is 0 Å². The smallest absolute Gasteiger partial charge is 0.284 e. The van der Waals surface area contributed by atoms with Gasteiger partial charge in [-0.05, 0) is 42.4 Å². The van der Waals surface area contributed by atoms with Crippen molar-refractivity contribution in [2.75, 3.05) is 19.9 Å². The maximum atomic E-state index is 10.5. The highest BCUT2D eigenvalue weighted by molar-refractivity contribution is 6.23. The van der Waals surface area contributed by atoms with Crippen LogP contribution in [0, 0.1) is 0 Å². The summed E-state index contributed by atoms with van der Waals surface area (Å²) in [7, 11) is 3.61. The number of methoxy groups -OCH3 is 1. The topological polar surface area (TPSA) is 93.4 Å². The number of hydrogen-bond acceptors (Lipinski definition) is 5. The molecule has 0 fully saturated rings. The molecule has 6 nitrogen and oxygen atoms in total. The molecule has 2 rings (SSSR count). The molecule has 2 aromatic rings. The molecule has 6 heteroatoms. The number of hydrogen-bond donors (Lipinski definition) is 3. The lowest BCUT2D eigenvalue weighted by Crippen LogP contribution is -2.23. The standard InChI is InChI=1S/C9H10N2O2.C9H13NO/c10-8-3-1-7(2-4-8)5-11-9(13)6-12;1-10-7-8-3-5-9(11-2)6-4-8/h1-4,6H,5,10H2,(H,11,13);3-6,10H,7H2,1-2H3. The first-order valence-electron chi connectivity index (χ1n) is 7.44. The van der Waals surface area contributed by atoms with Gasteiger partial charge in [-0.1, -0.05) is 24.3 Å². The summed E-state index contributed by atoms with van der Waals surface area (Å²) in [5, 5.41) is 5.50. The average molecular weight is 329 g/mol. The Kier molecular flexibility index (Phi) is 8.63. The number of benzene rings is 2. The largest absolute Gasteiger partial charge is 0.497 e. The van der Waals surface area contributed by atoms with Crippen molar-refractivity contribution in [1.29, 1.82) is 0 Å². The van der Waals surface area contributed by atoms with Crippen molar-refractivity contribution >= 4 is 17.9 Å². The Morgan fingerprint density at radius 3 is 2.08 bits per heavy atom. The minimum absolute atomic E-state index is 0.247. The van der Waals surface area contributed by atoms with Gasteiger partial charge in [0.15, 0.2) is 0 Å². The first kappa shape index (κ1) is 19.2. The summed E-state index contributed by atoms with van der Waals surface area (Å²) in [5.41, 5.74) is 8.32. The third-order valence-electron chi connectivity index (χ3n) is 3.09. The molecule has 0 aliphatic carbocycles. The molecule has 4 N–H and O–H groups in total. The van der Waals surface area contributed by atoms with Gasteiger partial charge < -0.3 is 21.1 Å². The zero-order chi connectivity index (χ0) is 17.8. The van der Waals surface area contributed by atoms with Crippen LogP contribution in [0.1, 0.15) is 11.1 Å². The van der Waals surface area contributed by atoms with Crippen LogP contribution in [0.2, 0.25) is 0 Å². The van der Waals surface area contributed by atoms with E-state index >= 15 is 0 Å². The molecule has 0 aromatic heterocycles. The molecule has 0 radical (unpaired) electrons. The fourth-order valence-corrected chi connectivity index (χ4v) is 1.81. The SMILES string of the molecule is CNCc1ccc(OC)cc1.Nc1ccc(CNC(=O)C=O)cc1. The lowest BCUT2D eigenvalue weighted by atomic mass is 10.2. The Balaban J connectivity index is 0.000000243. The number of carbonyl (C=O) groups excluding carboxylic acids is 2. The predicted octanol–water partition coefficient (Wildman–Crippen LogP) is 1.50. The van der Waals surface area contributed by atoms with Crippen LogP contribution >= 0.6 is 0 Å². The van der Waals surface area contributed by atoms with Crippen molar-refractivity contribution < 1.29 is 14.3 Å². The molecule has 0 heterocycles. The first-order valence-corrected chi connectivity index (χ1v) is 7.44. The van der Waals surface area contributed by atoms with E-state index in [0.29, 0.717) is 12.2 Å². The highest BCUT2D eigenvalue weighted by Gasteiger charge is 1.97. The maximum absolute atomic E-state index is 10.5. The van der Waals surface area contributed by atoms with Gasteiger partial charge in [-0.2, -0.15) is 0 Å². The lowest BCUT2D eigenvalue weighted by Gasteiger charge is -2.01. The van der Waals surface area contributed by atoms with Crippen molar-refractivity contribution in [3.8, 4) is 5.75 Å². The van der Waals surface area contributed by atoms with Crippen LogP contribution in [0.4, 0.5) is 5.69 Å². The summed E-state index contributed by atoms with van der Waals surface area (Å²) in [4.78, 5) is 20.5. The molecule has 0 saturated heterocycles. The quantitative estimate of drug-likeness (QED) is 0.424. The average Bonchev–Trinajstić information content (AvgIpc) is 2.62. The highest BCUT2D eigenvalue weighted by Crippen LogP contribution is 2.10. The first-order chi connectivity index (χ1) is 11.6. The van der Waals surface area contributed by atoms with Gasteiger partial charge >= 0.3 is 0 Å². The molecule has 0 aliphatic rings. The Labute approximate surface area is 142 Å². The molecule has 0 saturated carbocycles. The molecule has 0 spiro atoms. The van der Waals surface area contributed by atoms with Crippen molar-refractivity contribution in [1.82, 2.24) is 10.6 Å². The van der Waals surface area contributed by atoms with Gasteiger partial charge in [0.2, 0.25) is 6.29 Å². The van der Waals surface area contributed by atoms with E-state index in [1.54, 1.807) is 31.4 Å². The molecular weight excluding hydrogens is 306 g/mol. The van der Waals surface area contributed by atoms with E-state index in [1.165, 1.54) is 5.56 Å². The molecule has 0 aliphatic heterocycles. The number of amides is 1. The summed E-state index contributed by atoms with van der Waals surface area (Å²) in [6.45, 7) is 1.25. The predicted molar refractivity (Wildman–Crippen MR) is 94.5 cm³/mol. The summed E-state index contributed by atoms with van der Waals surface area (Å²) < 4.78 is 5.03. The Bertz CT molecular complexity index is 625. The second-order valence-corrected chi connectivity index (χ2v) is 4.96. The summed E-state index contributed by atoms with van der Waals surface area (Å²) >= 11 is 0. The molecule has 1 amide bonds. The number of nitrogen functional groups attached to an aromatic ring is 1. The molecular formula is C18H23N3O3. The van der Waals surface area contributed by atoms with Crippen molar-refractivity contribution in [3.63, 3.8) is 0 Å². The van der Waals surface area contributed by atoms with Crippen molar-refractivity contribution in [3.05, 3.63) is 59.7 Å². The number of nitrogens with one attached hydrogen (secondary N) is 2. The summed E-state index contributed by atoms with van der Waals surface area (Å²) in [6.07, 6.45) is 0.247. The van der Waals surface area contributed by atoms with Crippen LogP contribution in [-0.4, -0.2) is 26.4 Å². The van der Waals surface area contributed by atoms with E-state index in [4.69, 9.17) is 10.5 Å². The van der Waals surface area contributed by atoms with E-state index in [2.05, 4.69) is 22.8 Å². The van der Waals surface area contributed by atoms with Gasteiger partial charge in [0.1, 0.15) is 5.75 Å². The summed E-state index contributed by atoms with van der Waals surface area (Å²) in [5.74, 6) is 0.293. The third-order valence-corrected chi connectivity index (χ3v) is 3.09. The normalized spacial score (nSPS) is 9.42. The maximum Gasteiger partial charge on any atom is 0.284 e. The fraction of sp³-hybridized carbons (Fsp3) is 0.222. The molecule has 24 heavy (non-hydrogen) atoms. The zero-order valence-electron chi connectivity index (χ0n) is 13.9. The Morgan fingerprint density at radius 1 is 1.04 bits per heavy atom. The van der Waals surface area contributed by atoms with Gasteiger partial charge in [0, 0.05) is 18.8 Å². The fourth-order valence-electron chi connectivity index (χ4n) is 1.81. The van der Waals surface area contributed by atoms with Crippen LogP contribution in [0.3, 0.4) is 0 Å². The number of rotatable bonds is 6. The molecule has 2 aromatic carbocycles. The van der Waals surface area contributed by atoms with E-state index in [0.717, 1.165) is 17.9 Å². The minimum Gasteiger partial charge on any atom is -0.497 e. The zero-order valence-corrected chi connectivity index (χ0v) is 13.9. The van der Waals surface area contributed by atoms with Gasteiger partial charge in [-0.3, -0.25) is 9.59 Å². The van der Waals surface area contributed by atoms with Crippen molar-refractivity contribution in [2.24, 2.45) is 0 Å². The molecule has 0 bridgehead atoms. The van der Waals surface area contributed by atoms with Crippen LogP contribution in [0.15, 0.2) is 48.5 Å². The molecule has 128 valence electrons. The minimum atomic E-state index is -0.614. The van der Waals surface area contributed by atoms with Gasteiger partial charge in [-0.25, -0.2) is 0 Å². The van der Waals surface area contributed by atoms with E-state index in [9.17, 15) is 9.59 Å². The molecule has 0 unspecified atom stereocenters. The number of carbonyl (C=O) groups is 2. The highest BCUT2D eigenvalue weighted by atomic mass is 16.5. The number of ether oxygens (including phenoxy) is 1. The van der Waals surface area contributed by atoms with Crippen LogP contribution in [-0.2, 0) is 22.7 Å². The van der Waals surface area contributed by atoms with Gasteiger partial charge in [0.25, 0.3) is 5.91 Å². The summed E-state index contributed by atoms with van der Waals surface area (Å²) in [6, 6.07) is 15.1. The van der Waals surface area contributed by atoms with Crippen LogP contribution < -0.4 is 21.1 Å². The van der Waals surface area contributed by atoms with E-state index in [1.807, 2.05) is 19.2 Å². The monoisotopic (exact) mass is 329 g/mol. The van der Waals surface area contributed by atoms with Crippen LogP contribution in [0.5, 0.6) is 5.75 Å². The number of aldehydes is 1. The van der Waals surface area contributed by atoms with E-state index in [-0.39, 0.29) is 6.29 Å². The Morgan fingerprint density at radius 2 is 1.58 bits per heavy atom. The van der Waals surface area contributed by atoms with Gasteiger partial charge in [0.05, 0.1) is 7.11 Å². The number of nitrogens with two attached hydrogens (primary N) is 1. The molecule has 0 atom stereocenters. The number of anilines is 1. The second kappa shape index (κ2) is 10.8.